The maximum atomic E-state index is 12.9. The number of nitrogens with zero attached hydrogens (tertiary/aromatic N) is 1. The second kappa shape index (κ2) is 7.96. The molecule has 0 aromatic heterocycles. The number of amides is 1. The Morgan fingerprint density at radius 1 is 1.21 bits per heavy atom. The molecule has 1 amide bonds. The van der Waals surface area contributed by atoms with Crippen molar-refractivity contribution in [3.05, 3.63) is 0 Å². The van der Waals surface area contributed by atoms with E-state index in [9.17, 15) is 19.5 Å². The van der Waals surface area contributed by atoms with Crippen molar-refractivity contribution in [3.8, 4) is 0 Å². The molecule has 0 radical (unpaired) electrons. The van der Waals surface area contributed by atoms with Crippen LogP contribution in [-0.4, -0.2) is 58.6 Å². The SMILES string of the molecule is CCOC(=O)C(C)NC(C)C(=O)N1C(C(=O)O)CC2CCCCC21. The zero-order valence-electron chi connectivity index (χ0n) is 14.7. The molecule has 1 aliphatic carbocycles. The number of likely N-dealkylation sites (tertiary alicyclic amines) is 1. The molecule has 24 heavy (non-hydrogen) atoms. The summed E-state index contributed by atoms with van der Waals surface area (Å²) in [4.78, 5) is 37.8. The molecule has 2 rings (SSSR count). The highest BCUT2D eigenvalue weighted by Crippen LogP contribution is 2.40. The number of carboxylic acid groups (broad SMARTS) is 1. The fourth-order valence-electron chi connectivity index (χ4n) is 4.00. The Morgan fingerprint density at radius 3 is 2.50 bits per heavy atom. The molecule has 0 bridgehead atoms. The van der Waals surface area contributed by atoms with Gasteiger partial charge in [0.15, 0.2) is 0 Å². The van der Waals surface area contributed by atoms with Crippen LogP contribution in [0.3, 0.4) is 0 Å². The molecule has 2 fully saturated rings. The van der Waals surface area contributed by atoms with E-state index in [2.05, 4.69) is 5.32 Å². The van der Waals surface area contributed by atoms with Crippen LogP contribution in [-0.2, 0) is 19.1 Å². The highest BCUT2D eigenvalue weighted by atomic mass is 16.5. The predicted octanol–water partition coefficient (Wildman–Crippen LogP) is 1.16. The van der Waals surface area contributed by atoms with E-state index in [-0.39, 0.29) is 24.5 Å². The number of carbonyl (C=O) groups is 3. The van der Waals surface area contributed by atoms with E-state index in [1.165, 1.54) is 0 Å². The van der Waals surface area contributed by atoms with Crippen molar-refractivity contribution in [1.82, 2.24) is 10.2 Å². The second-order valence-corrected chi connectivity index (χ2v) is 6.81. The number of rotatable bonds is 6. The van der Waals surface area contributed by atoms with E-state index in [4.69, 9.17) is 4.74 Å². The molecule has 2 N–H and O–H groups in total. The van der Waals surface area contributed by atoms with Crippen molar-refractivity contribution in [3.63, 3.8) is 0 Å². The van der Waals surface area contributed by atoms with Crippen molar-refractivity contribution < 1.29 is 24.2 Å². The lowest BCUT2D eigenvalue weighted by molar-refractivity contribution is -0.151. The van der Waals surface area contributed by atoms with E-state index >= 15 is 0 Å². The Balaban J connectivity index is 2.07. The Hall–Kier alpha value is -1.63. The van der Waals surface area contributed by atoms with E-state index < -0.39 is 30.1 Å². The molecule has 1 aliphatic heterocycles. The van der Waals surface area contributed by atoms with Crippen molar-refractivity contribution >= 4 is 17.8 Å². The molecule has 136 valence electrons. The molecule has 0 aromatic rings. The summed E-state index contributed by atoms with van der Waals surface area (Å²) in [5.74, 6) is -1.32. The maximum absolute atomic E-state index is 12.9. The van der Waals surface area contributed by atoms with Gasteiger partial charge in [-0.3, -0.25) is 14.9 Å². The van der Waals surface area contributed by atoms with Crippen LogP contribution in [0, 0.1) is 5.92 Å². The molecule has 7 nitrogen and oxygen atoms in total. The van der Waals surface area contributed by atoms with Gasteiger partial charge in [0.25, 0.3) is 0 Å². The monoisotopic (exact) mass is 340 g/mol. The van der Waals surface area contributed by atoms with Gasteiger partial charge in [0, 0.05) is 6.04 Å². The third-order valence-corrected chi connectivity index (χ3v) is 5.14. The van der Waals surface area contributed by atoms with Gasteiger partial charge >= 0.3 is 11.9 Å². The third kappa shape index (κ3) is 3.88. The van der Waals surface area contributed by atoms with Crippen LogP contribution in [0.2, 0.25) is 0 Å². The molecular weight excluding hydrogens is 312 g/mol. The molecule has 5 atom stereocenters. The largest absolute Gasteiger partial charge is 0.480 e. The zero-order valence-corrected chi connectivity index (χ0v) is 14.7. The molecular formula is C17H28N2O5. The second-order valence-electron chi connectivity index (χ2n) is 6.81. The number of hydrogen-bond acceptors (Lipinski definition) is 5. The first-order valence-electron chi connectivity index (χ1n) is 8.84. The molecule has 1 saturated carbocycles. The topological polar surface area (TPSA) is 95.9 Å². The number of fused-ring (bicyclic) bond motifs is 1. The lowest BCUT2D eigenvalue weighted by Gasteiger charge is -2.35. The van der Waals surface area contributed by atoms with Gasteiger partial charge in [-0.05, 0) is 46.0 Å². The first kappa shape index (κ1) is 18.7. The van der Waals surface area contributed by atoms with Gasteiger partial charge in [0.1, 0.15) is 12.1 Å². The molecule has 2 aliphatic rings. The van der Waals surface area contributed by atoms with E-state index in [1.54, 1.807) is 25.7 Å². The van der Waals surface area contributed by atoms with Crippen molar-refractivity contribution in [1.29, 1.82) is 0 Å². The number of hydrogen-bond donors (Lipinski definition) is 2. The average molecular weight is 340 g/mol. The van der Waals surface area contributed by atoms with Crippen LogP contribution in [0.1, 0.15) is 52.9 Å². The zero-order chi connectivity index (χ0) is 17.9. The number of aliphatic carboxylic acids is 1. The maximum Gasteiger partial charge on any atom is 0.326 e. The van der Waals surface area contributed by atoms with Crippen LogP contribution in [0.4, 0.5) is 0 Å². The number of ether oxygens (including phenoxy) is 1. The average Bonchev–Trinajstić information content (AvgIpc) is 2.93. The highest BCUT2D eigenvalue weighted by Gasteiger charge is 2.48. The molecule has 7 heteroatoms. The summed E-state index contributed by atoms with van der Waals surface area (Å²) >= 11 is 0. The van der Waals surface area contributed by atoms with Crippen LogP contribution in [0.15, 0.2) is 0 Å². The van der Waals surface area contributed by atoms with Crippen LogP contribution in [0.25, 0.3) is 0 Å². The van der Waals surface area contributed by atoms with Crippen LogP contribution in [0.5, 0.6) is 0 Å². The minimum Gasteiger partial charge on any atom is -0.480 e. The molecule has 5 unspecified atom stereocenters. The summed E-state index contributed by atoms with van der Waals surface area (Å²) in [7, 11) is 0. The number of carbonyl (C=O) groups excluding carboxylic acids is 2. The minimum absolute atomic E-state index is 0.00880. The lowest BCUT2D eigenvalue weighted by atomic mass is 9.84. The van der Waals surface area contributed by atoms with Crippen molar-refractivity contribution in [2.75, 3.05) is 6.61 Å². The van der Waals surface area contributed by atoms with Crippen molar-refractivity contribution in [2.45, 2.75) is 77.0 Å². The number of nitrogens with one attached hydrogen (secondary N) is 1. The summed E-state index contributed by atoms with van der Waals surface area (Å²) in [6.07, 6.45) is 4.51. The summed E-state index contributed by atoms with van der Waals surface area (Å²) in [5.41, 5.74) is 0. The van der Waals surface area contributed by atoms with Crippen LogP contribution >= 0.6 is 0 Å². The van der Waals surface area contributed by atoms with E-state index in [1.807, 2.05) is 0 Å². The Kier molecular flexibility index (Phi) is 6.21. The van der Waals surface area contributed by atoms with Gasteiger partial charge in [-0.15, -0.1) is 0 Å². The Labute approximate surface area is 142 Å². The summed E-state index contributed by atoms with van der Waals surface area (Å²) in [6, 6.07) is -1.99. The minimum atomic E-state index is -0.941. The Morgan fingerprint density at radius 2 is 1.88 bits per heavy atom. The van der Waals surface area contributed by atoms with Gasteiger partial charge in [0.05, 0.1) is 12.6 Å². The number of esters is 1. The molecule has 0 aromatic carbocycles. The van der Waals surface area contributed by atoms with E-state index in [0.717, 1.165) is 25.7 Å². The normalized spacial score (nSPS) is 28.8. The van der Waals surface area contributed by atoms with Gasteiger partial charge in [-0.2, -0.15) is 0 Å². The van der Waals surface area contributed by atoms with Gasteiger partial charge in [0.2, 0.25) is 5.91 Å². The predicted molar refractivity (Wildman–Crippen MR) is 87.3 cm³/mol. The van der Waals surface area contributed by atoms with Gasteiger partial charge < -0.3 is 14.7 Å². The van der Waals surface area contributed by atoms with Gasteiger partial charge in [-0.25, -0.2) is 4.79 Å². The van der Waals surface area contributed by atoms with Gasteiger partial charge in [-0.1, -0.05) is 12.8 Å². The standard InChI is InChI=1S/C17H28N2O5/c1-4-24-17(23)11(3)18-10(2)15(20)19-13-8-6-5-7-12(13)9-14(19)16(21)22/h10-14,18H,4-9H2,1-3H3,(H,21,22). The summed E-state index contributed by atoms with van der Waals surface area (Å²) < 4.78 is 4.93. The lowest BCUT2D eigenvalue weighted by Crippen LogP contribution is -2.55. The number of carboxylic acids is 1. The van der Waals surface area contributed by atoms with Crippen molar-refractivity contribution in [2.24, 2.45) is 5.92 Å². The smallest absolute Gasteiger partial charge is 0.326 e. The summed E-state index contributed by atoms with van der Waals surface area (Å²) in [5, 5.41) is 12.5. The quantitative estimate of drug-likeness (QED) is 0.705. The Bertz CT molecular complexity index is 495. The first-order valence-corrected chi connectivity index (χ1v) is 8.84. The summed E-state index contributed by atoms with van der Waals surface area (Å²) in [6.45, 7) is 5.32. The van der Waals surface area contributed by atoms with Crippen LogP contribution < -0.4 is 5.32 Å². The molecule has 1 saturated heterocycles. The fraction of sp³-hybridized carbons (Fsp3) is 0.824. The molecule has 0 spiro atoms. The third-order valence-electron chi connectivity index (χ3n) is 5.14. The van der Waals surface area contributed by atoms with E-state index in [0.29, 0.717) is 6.42 Å². The first-order chi connectivity index (χ1) is 11.4. The fourth-order valence-corrected chi connectivity index (χ4v) is 4.00. The highest BCUT2D eigenvalue weighted by molar-refractivity contribution is 5.88. The molecule has 1 heterocycles.